The fraction of sp³-hybridized carbons (Fsp3) is 0.485. The normalized spacial score (nSPS) is 29.3. The van der Waals surface area contributed by atoms with Crippen molar-refractivity contribution in [3.05, 3.63) is 68.4 Å². The molecule has 11 nitrogen and oxygen atoms in total. The van der Waals surface area contributed by atoms with Gasteiger partial charge in [0.25, 0.3) is 0 Å². The maximum absolute atomic E-state index is 12.6. The summed E-state index contributed by atoms with van der Waals surface area (Å²) in [4.78, 5) is 39.2. The van der Waals surface area contributed by atoms with E-state index >= 15 is 0 Å². The number of aromatic nitrogens is 1. The summed E-state index contributed by atoms with van der Waals surface area (Å²) in [5.41, 5.74) is 7.48. The molecule has 1 aromatic rings. The molecule has 2 unspecified atom stereocenters. The zero-order chi connectivity index (χ0) is 33.0. The molecular formula is C33H44N4O7S. The highest BCUT2D eigenvalue weighted by molar-refractivity contribution is 7.83. The van der Waals surface area contributed by atoms with E-state index in [0.717, 1.165) is 63.3 Å². The molecule has 8 N–H and O–H groups in total. The van der Waals surface area contributed by atoms with Gasteiger partial charge in [0.15, 0.2) is 0 Å². The lowest BCUT2D eigenvalue weighted by Crippen LogP contribution is -2.35. The molecular weight excluding hydrogens is 596 g/mol. The average molecular weight is 641 g/mol. The third kappa shape index (κ3) is 7.33. The summed E-state index contributed by atoms with van der Waals surface area (Å²) in [5.74, 6) is -2.49. The molecule has 45 heavy (non-hydrogen) atoms. The highest BCUT2D eigenvalue weighted by atomic mass is 32.1. The first-order valence-electron chi connectivity index (χ1n) is 15.3. The van der Waals surface area contributed by atoms with Crippen LogP contribution in [0.1, 0.15) is 75.4 Å². The quantitative estimate of drug-likeness (QED) is 0.120. The largest absolute Gasteiger partial charge is 0.516 e. The molecule has 0 saturated carbocycles. The van der Waals surface area contributed by atoms with Crippen molar-refractivity contribution in [3.8, 4) is 0 Å². The van der Waals surface area contributed by atoms with Crippen LogP contribution in [-0.4, -0.2) is 61.6 Å². The van der Waals surface area contributed by atoms with E-state index in [4.69, 9.17) is 0 Å². The Morgan fingerprint density at radius 2 is 1.67 bits per heavy atom. The van der Waals surface area contributed by atoms with Crippen LogP contribution >= 0.6 is 12.6 Å². The molecule has 6 atom stereocenters. The number of aliphatic carboxylic acids is 2. The highest BCUT2D eigenvalue weighted by Crippen LogP contribution is 2.37. The van der Waals surface area contributed by atoms with E-state index in [-0.39, 0.29) is 49.1 Å². The van der Waals surface area contributed by atoms with Crippen molar-refractivity contribution in [2.45, 2.75) is 84.5 Å². The Kier molecular flexibility index (Phi) is 10.9. The van der Waals surface area contributed by atoms with Gasteiger partial charge in [0.1, 0.15) is 6.23 Å². The minimum Gasteiger partial charge on any atom is -0.516 e. The van der Waals surface area contributed by atoms with Gasteiger partial charge in [0, 0.05) is 53.5 Å². The molecule has 0 spiro atoms. The molecule has 2 fully saturated rings. The van der Waals surface area contributed by atoms with E-state index in [0.29, 0.717) is 12.8 Å². The third-order valence-electron chi connectivity index (χ3n) is 9.42. The first kappa shape index (κ1) is 34.0. The number of H-pyrrole nitrogens is 1. The zero-order valence-electron chi connectivity index (χ0n) is 26.1. The number of carboxylic acids is 2. The summed E-state index contributed by atoms with van der Waals surface area (Å²) in [6.45, 7) is 7.98. The van der Waals surface area contributed by atoms with Gasteiger partial charge in [-0.05, 0) is 91.0 Å². The fourth-order valence-electron chi connectivity index (χ4n) is 6.79. The fourth-order valence-corrected chi connectivity index (χ4v) is 7.13. The Balaban J connectivity index is 1.72. The Hall–Kier alpha value is -3.90. The Morgan fingerprint density at radius 3 is 2.29 bits per heavy atom. The van der Waals surface area contributed by atoms with Crippen molar-refractivity contribution in [2.75, 3.05) is 0 Å². The van der Waals surface area contributed by atoms with E-state index in [9.17, 15) is 34.8 Å². The van der Waals surface area contributed by atoms with Crippen LogP contribution in [0.5, 0.6) is 0 Å². The number of allylic oxidation sites excluding steroid dienone is 2. The molecule has 3 aliphatic heterocycles. The maximum Gasteiger partial charge on any atom is 0.303 e. The molecule has 2 saturated heterocycles. The number of hydrogen-bond acceptors (Lipinski definition) is 8. The van der Waals surface area contributed by atoms with Crippen LogP contribution < -0.4 is 16.0 Å². The summed E-state index contributed by atoms with van der Waals surface area (Å²) in [7, 11) is 0. The van der Waals surface area contributed by atoms with Gasteiger partial charge in [0.2, 0.25) is 5.91 Å². The van der Waals surface area contributed by atoms with Gasteiger partial charge >= 0.3 is 11.9 Å². The van der Waals surface area contributed by atoms with Gasteiger partial charge in [-0.1, -0.05) is 13.8 Å². The second kappa shape index (κ2) is 14.5. The topological polar surface area (TPSA) is 184 Å². The van der Waals surface area contributed by atoms with Gasteiger partial charge < -0.3 is 41.4 Å². The van der Waals surface area contributed by atoms with Crippen LogP contribution in [0.25, 0.3) is 12.2 Å². The molecule has 0 bridgehead atoms. The summed E-state index contributed by atoms with van der Waals surface area (Å²) in [6, 6.07) is -0.564. The van der Waals surface area contributed by atoms with Crippen molar-refractivity contribution in [1.82, 2.24) is 20.9 Å². The first-order chi connectivity index (χ1) is 21.4. The number of carbonyl (C=O) groups is 3. The standard InChI is InChI=1S/C33H44N4O7S/c1-5-19-18(4)32(43)36-26(19)12-24-16(2)20(6-8-30(39)40)27(34-24)14-28-21(7-9-31(41)42)17(3)25(35-28)13-29-23(15-45)22(10-11-38)33(44)37-29/h10-12,14-15,18-19,22,25,29,32,34-36,38,43,45H,5-9,13H2,1-4H3,(H,37,44)(H,39,40)(H,41,42)/b11-10-,23-15-,26-12+,28-14-/t18-,19-,22?,25?,29-,32+/m1/s1. The molecule has 0 aliphatic carbocycles. The first-order valence-corrected chi connectivity index (χ1v) is 15.9. The second-order valence-corrected chi connectivity index (χ2v) is 12.3. The molecule has 4 rings (SSSR count). The summed E-state index contributed by atoms with van der Waals surface area (Å²) < 4.78 is 0. The Bertz CT molecular complexity index is 1490. The SMILES string of the molecule is CC[C@H]1/C(=C\c2[nH]c(/C=C3\NC(C[C@H]4NC(=O)C(/C=C\O)/C4=C/S)C(C)=C3CCC(=O)O)c(CCC(=O)O)c2C)N[C@@H](O)[C@@H]1C. The van der Waals surface area contributed by atoms with Gasteiger partial charge in [-0.3, -0.25) is 14.4 Å². The monoisotopic (exact) mass is 640 g/mol. The number of aromatic amines is 1. The number of thiol groups is 1. The molecule has 1 aromatic heterocycles. The predicted octanol–water partition coefficient (Wildman–Crippen LogP) is 4.15. The lowest BCUT2D eigenvalue weighted by molar-refractivity contribution is -0.138. The number of aliphatic hydroxyl groups is 2. The number of carbonyl (C=O) groups excluding carboxylic acids is 1. The minimum atomic E-state index is -0.919. The summed E-state index contributed by atoms with van der Waals surface area (Å²) >= 11 is 4.32. The van der Waals surface area contributed by atoms with Crippen molar-refractivity contribution in [2.24, 2.45) is 17.8 Å². The molecule has 244 valence electrons. The second-order valence-electron chi connectivity index (χ2n) is 12.1. The van der Waals surface area contributed by atoms with E-state index in [1.807, 2.05) is 32.9 Å². The van der Waals surface area contributed by atoms with Crippen molar-refractivity contribution < 1.29 is 34.8 Å². The van der Waals surface area contributed by atoms with Crippen LogP contribution in [0.3, 0.4) is 0 Å². The van der Waals surface area contributed by atoms with Crippen LogP contribution in [0.15, 0.2) is 45.9 Å². The molecule has 0 aromatic carbocycles. The highest BCUT2D eigenvalue weighted by Gasteiger charge is 2.39. The average Bonchev–Trinajstić information content (AvgIpc) is 3.63. The van der Waals surface area contributed by atoms with Crippen molar-refractivity contribution in [1.29, 1.82) is 0 Å². The van der Waals surface area contributed by atoms with E-state index < -0.39 is 24.1 Å². The van der Waals surface area contributed by atoms with Crippen LogP contribution in [0, 0.1) is 24.7 Å². The van der Waals surface area contributed by atoms with Crippen LogP contribution in [-0.2, 0) is 20.8 Å². The van der Waals surface area contributed by atoms with Crippen LogP contribution in [0.4, 0.5) is 0 Å². The van der Waals surface area contributed by atoms with E-state index in [2.05, 4.69) is 40.5 Å². The molecule has 4 heterocycles. The molecule has 1 amide bonds. The van der Waals surface area contributed by atoms with Crippen molar-refractivity contribution >= 4 is 42.6 Å². The number of amides is 1. The van der Waals surface area contributed by atoms with Gasteiger partial charge in [-0.15, -0.1) is 0 Å². The molecule has 0 radical (unpaired) electrons. The third-order valence-corrected chi connectivity index (χ3v) is 9.72. The van der Waals surface area contributed by atoms with Gasteiger partial charge in [0.05, 0.1) is 18.2 Å². The molecule has 12 heteroatoms. The van der Waals surface area contributed by atoms with Gasteiger partial charge in [-0.25, -0.2) is 0 Å². The zero-order valence-corrected chi connectivity index (χ0v) is 26.9. The van der Waals surface area contributed by atoms with Gasteiger partial charge in [-0.2, -0.15) is 12.6 Å². The lowest BCUT2D eigenvalue weighted by Gasteiger charge is -2.20. The summed E-state index contributed by atoms with van der Waals surface area (Å²) in [5, 5.41) is 50.0. The molecule has 3 aliphatic rings. The van der Waals surface area contributed by atoms with Crippen molar-refractivity contribution in [3.63, 3.8) is 0 Å². The number of nitrogens with one attached hydrogen (secondary N) is 4. The number of carboxylic acid groups (broad SMARTS) is 2. The smallest absolute Gasteiger partial charge is 0.303 e. The minimum absolute atomic E-state index is 0.0478. The predicted molar refractivity (Wildman–Crippen MR) is 175 cm³/mol. The number of rotatable bonds is 12. The van der Waals surface area contributed by atoms with E-state index in [1.54, 1.807) is 5.41 Å². The Labute approximate surface area is 268 Å². The number of hydrogen-bond donors (Lipinski definition) is 9. The lowest BCUT2D eigenvalue weighted by atomic mass is 9.91. The summed E-state index contributed by atoms with van der Waals surface area (Å²) in [6.07, 6.45) is 7.32. The maximum atomic E-state index is 12.6. The van der Waals surface area contributed by atoms with E-state index in [1.165, 1.54) is 6.08 Å². The number of aliphatic hydroxyl groups excluding tert-OH is 2. The Morgan fingerprint density at radius 1 is 0.978 bits per heavy atom. The van der Waals surface area contributed by atoms with Crippen LogP contribution in [0.2, 0.25) is 0 Å².